The summed E-state index contributed by atoms with van der Waals surface area (Å²) >= 11 is 0. The van der Waals surface area contributed by atoms with Crippen LogP contribution in [0.15, 0.2) is 0 Å². The number of nitrogens with one attached hydrogen (secondary N) is 1. The minimum atomic E-state index is 0.121. The Kier molecular flexibility index (Phi) is 1.47. The van der Waals surface area contributed by atoms with Gasteiger partial charge in [-0.3, -0.25) is 5.41 Å². The fraction of sp³-hybridized carbons (Fsp3) is 0.857. The third-order valence-electron chi connectivity index (χ3n) is 1.84. The number of hydrogen-bond acceptors (Lipinski definition) is 2. The van der Waals surface area contributed by atoms with Gasteiger partial charge in [-0.2, -0.15) is 0 Å². The van der Waals surface area contributed by atoms with E-state index < -0.39 is 0 Å². The molecule has 0 heterocycles. The van der Waals surface area contributed by atoms with Gasteiger partial charge in [-0.1, -0.05) is 6.92 Å². The van der Waals surface area contributed by atoms with Gasteiger partial charge in [0.1, 0.15) is 0 Å². The van der Waals surface area contributed by atoms with Crippen LogP contribution in [-0.2, 0) is 4.74 Å². The molecule has 0 amide bonds. The van der Waals surface area contributed by atoms with Crippen molar-refractivity contribution in [2.75, 3.05) is 6.61 Å². The lowest BCUT2D eigenvalue weighted by Gasteiger charge is -2.09. The number of rotatable bonds is 2. The van der Waals surface area contributed by atoms with E-state index in [1.54, 1.807) is 0 Å². The molecule has 0 aromatic carbocycles. The van der Waals surface area contributed by atoms with E-state index in [9.17, 15) is 0 Å². The van der Waals surface area contributed by atoms with Crippen LogP contribution in [0.3, 0.4) is 0 Å². The Bertz CT molecular complexity index is 127. The predicted molar refractivity (Wildman–Crippen MR) is 36.7 cm³/mol. The van der Waals surface area contributed by atoms with Crippen LogP contribution < -0.4 is 0 Å². The first kappa shape index (κ1) is 6.59. The van der Waals surface area contributed by atoms with Gasteiger partial charge in [0.05, 0.1) is 6.61 Å². The number of hydrogen-bond donors (Lipinski definition) is 1. The van der Waals surface area contributed by atoms with Gasteiger partial charge in [-0.15, -0.1) is 0 Å². The first-order chi connectivity index (χ1) is 4.19. The second kappa shape index (κ2) is 2.01. The van der Waals surface area contributed by atoms with Crippen molar-refractivity contribution in [3.63, 3.8) is 0 Å². The van der Waals surface area contributed by atoms with Crippen LogP contribution in [0.25, 0.3) is 0 Å². The Labute approximate surface area is 55.7 Å². The zero-order valence-electron chi connectivity index (χ0n) is 6.03. The van der Waals surface area contributed by atoms with E-state index in [-0.39, 0.29) is 5.41 Å². The van der Waals surface area contributed by atoms with Crippen LogP contribution in [0.5, 0.6) is 0 Å². The Balaban J connectivity index is 2.34. The average molecular weight is 127 g/mol. The molecule has 1 aliphatic rings. The predicted octanol–water partition coefficient (Wildman–Crippen LogP) is 1.80. The normalized spacial score (nSPS) is 21.1. The highest BCUT2D eigenvalue weighted by atomic mass is 16.5. The molecule has 0 unspecified atom stereocenters. The minimum absolute atomic E-state index is 0.121. The van der Waals surface area contributed by atoms with Crippen molar-refractivity contribution in [1.29, 1.82) is 5.41 Å². The molecule has 2 heteroatoms. The fourth-order valence-electron chi connectivity index (χ4n) is 0.733. The van der Waals surface area contributed by atoms with E-state index >= 15 is 0 Å². The Morgan fingerprint density at radius 3 is 2.56 bits per heavy atom. The molecule has 0 atom stereocenters. The lowest BCUT2D eigenvalue weighted by atomic mass is 10.1. The maximum absolute atomic E-state index is 7.38. The van der Waals surface area contributed by atoms with Crippen LogP contribution in [0, 0.1) is 10.8 Å². The smallest absolute Gasteiger partial charge is 0.186 e. The maximum Gasteiger partial charge on any atom is 0.186 e. The van der Waals surface area contributed by atoms with Crippen molar-refractivity contribution in [3.8, 4) is 0 Å². The summed E-state index contributed by atoms with van der Waals surface area (Å²) in [6, 6.07) is 0. The molecule has 1 N–H and O–H groups in total. The largest absolute Gasteiger partial charge is 0.481 e. The topological polar surface area (TPSA) is 33.1 Å². The molecule has 1 rings (SSSR count). The molecule has 1 saturated carbocycles. The zero-order chi connectivity index (χ0) is 6.91. The minimum Gasteiger partial charge on any atom is -0.481 e. The summed E-state index contributed by atoms with van der Waals surface area (Å²) in [5, 5.41) is 7.38. The molecular formula is C7H13NO. The van der Waals surface area contributed by atoms with Gasteiger partial charge in [0.25, 0.3) is 0 Å². The molecule has 0 bridgehead atoms. The van der Waals surface area contributed by atoms with Crippen LogP contribution >= 0.6 is 0 Å². The van der Waals surface area contributed by atoms with Gasteiger partial charge >= 0.3 is 0 Å². The third-order valence-corrected chi connectivity index (χ3v) is 1.84. The van der Waals surface area contributed by atoms with Crippen molar-refractivity contribution in [1.82, 2.24) is 0 Å². The Hall–Kier alpha value is -0.530. The van der Waals surface area contributed by atoms with Crippen LogP contribution in [-0.4, -0.2) is 12.5 Å². The maximum atomic E-state index is 7.38. The summed E-state index contributed by atoms with van der Waals surface area (Å²) in [5.41, 5.74) is 0.121. The van der Waals surface area contributed by atoms with Gasteiger partial charge in [0, 0.05) is 5.41 Å². The van der Waals surface area contributed by atoms with Crippen molar-refractivity contribution in [2.24, 2.45) is 5.41 Å². The number of ether oxygens (including phenoxy) is 1. The Morgan fingerprint density at radius 2 is 2.22 bits per heavy atom. The summed E-state index contributed by atoms with van der Waals surface area (Å²) in [6.45, 7) is 4.62. The van der Waals surface area contributed by atoms with Crippen LogP contribution in [0.1, 0.15) is 26.7 Å². The van der Waals surface area contributed by atoms with Crippen LogP contribution in [0.4, 0.5) is 0 Å². The second-order valence-electron chi connectivity index (χ2n) is 2.82. The molecule has 2 nitrogen and oxygen atoms in total. The van der Waals surface area contributed by atoms with Gasteiger partial charge in [-0.05, 0) is 19.8 Å². The fourth-order valence-corrected chi connectivity index (χ4v) is 0.733. The molecule has 0 radical (unpaired) electrons. The van der Waals surface area contributed by atoms with Gasteiger partial charge < -0.3 is 4.74 Å². The van der Waals surface area contributed by atoms with Gasteiger partial charge in [0.2, 0.25) is 0 Å². The first-order valence-electron chi connectivity index (χ1n) is 3.41. The highest BCUT2D eigenvalue weighted by molar-refractivity contribution is 5.81. The molecule has 0 aromatic rings. The van der Waals surface area contributed by atoms with Gasteiger partial charge in [0.15, 0.2) is 5.90 Å². The molecule has 52 valence electrons. The highest BCUT2D eigenvalue weighted by Crippen LogP contribution is 2.46. The molecule has 0 aliphatic heterocycles. The van der Waals surface area contributed by atoms with Crippen molar-refractivity contribution >= 4 is 5.90 Å². The van der Waals surface area contributed by atoms with Crippen molar-refractivity contribution < 1.29 is 4.74 Å². The summed E-state index contributed by atoms with van der Waals surface area (Å²) in [6.07, 6.45) is 2.26. The van der Waals surface area contributed by atoms with Crippen LogP contribution in [0.2, 0.25) is 0 Å². The van der Waals surface area contributed by atoms with E-state index in [0.717, 1.165) is 12.8 Å². The molecule has 9 heavy (non-hydrogen) atoms. The SMILES string of the molecule is CCOC(=N)C1(C)CC1. The Morgan fingerprint density at radius 1 is 1.67 bits per heavy atom. The summed E-state index contributed by atoms with van der Waals surface area (Å²) in [5.74, 6) is 0.477. The summed E-state index contributed by atoms with van der Waals surface area (Å²) in [7, 11) is 0. The lowest BCUT2D eigenvalue weighted by Crippen LogP contribution is -2.14. The standard InChI is InChI=1S/C7H13NO/c1-3-9-6(8)7(2)4-5-7/h8H,3-5H2,1-2H3. The molecule has 0 spiro atoms. The second-order valence-corrected chi connectivity index (χ2v) is 2.82. The highest BCUT2D eigenvalue weighted by Gasteiger charge is 2.43. The quantitative estimate of drug-likeness (QED) is 0.445. The molecule has 0 aromatic heterocycles. The van der Waals surface area contributed by atoms with Crippen molar-refractivity contribution in [3.05, 3.63) is 0 Å². The molecule has 1 aliphatic carbocycles. The van der Waals surface area contributed by atoms with E-state index in [1.807, 2.05) is 6.92 Å². The first-order valence-corrected chi connectivity index (χ1v) is 3.41. The lowest BCUT2D eigenvalue weighted by molar-refractivity contribution is 0.295. The zero-order valence-corrected chi connectivity index (χ0v) is 6.03. The van der Waals surface area contributed by atoms with Gasteiger partial charge in [-0.25, -0.2) is 0 Å². The van der Waals surface area contributed by atoms with E-state index in [0.29, 0.717) is 12.5 Å². The van der Waals surface area contributed by atoms with Crippen molar-refractivity contribution in [2.45, 2.75) is 26.7 Å². The van der Waals surface area contributed by atoms with E-state index in [4.69, 9.17) is 10.1 Å². The summed E-state index contributed by atoms with van der Waals surface area (Å²) in [4.78, 5) is 0. The third kappa shape index (κ3) is 1.23. The summed E-state index contributed by atoms with van der Waals surface area (Å²) < 4.78 is 5.05. The average Bonchev–Trinajstić information content (AvgIpc) is 2.50. The molecular weight excluding hydrogens is 114 g/mol. The monoisotopic (exact) mass is 127 g/mol. The molecule has 1 fully saturated rings. The van der Waals surface area contributed by atoms with E-state index in [2.05, 4.69) is 6.92 Å². The van der Waals surface area contributed by atoms with E-state index in [1.165, 1.54) is 0 Å². The molecule has 0 saturated heterocycles.